The fraction of sp³-hybridized carbons (Fsp3) is 0.438. The summed E-state index contributed by atoms with van der Waals surface area (Å²) in [4.78, 5) is 4.50. The van der Waals surface area contributed by atoms with Gasteiger partial charge in [-0.15, -0.1) is 0 Å². The monoisotopic (exact) mass is 291 g/mol. The third-order valence-electron chi connectivity index (χ3n) is 3.36. The van der Waals surface area contributed by atoms with Crippen molar-refractivity contribution in [1.82, 2.24) is 9.55 Å². The van der Waals surface area contributed by atoms with E-state index in [0.717, 1.165) is 30.2 Å². The minimum atomic E-state index is -0.202. The van der Waals surface area contributed by atoms with Gasteiger partial charge in [-0.1, -0.05) is 12.1 Å². The first-order valence-electron chi connectivity index (χ1n) is 7.13. The number of hydrogen-bond acceptors (Lipinski definition) is 3. The summed E-state index contributed by atoms with van der Waals surface area (Å²) in [5.74, 6) is 0.644. The highest BCUT2D eigenvalue weighted by Gasteiger charge is 2.12. The van der Waals surface area contributed by atoms with Gasteiger partial charge in [-0.2, -0.15) is 0 Å². The van der Waals surface area contributed by atoms with Gasteiger partial charge < -0.3 is 14.6 Å². The van der Waals surface area contributed by atoms with Crippen LogP contribution in [0.4, 0.5) is 10.3 Å². The summed E-state index contributed by atoms with van der Waals surface area (Å²) in [6.07, 6.45) is 2.86. The standard InChI is InChI=1S/C16H22FN3O/c1-12-11-20(16(19-12)18-8-9-21-3)13(2)10-14-4-6-15(17)7-5-14/h4-7,11,13H,8-10H2,1-3H3,(H,18,19). The molecule has 1 heterocycles. The van der Waals surface area contributed by atoms with E-state index in [0.29, 0.717) is 6.61 Å². The number of aromatic nitrogens is 2. The molecule has 114 valence electrons. The van der Waals surface area contributed by atoms with Crippen molar-refractivity contribution in [2.75, 3.05) is 25.6 Å². The Morgan fingerprint density at radius 3 is 2.71 bits per heavy atom. The van der Waals surface area contributed by atoms with Gasteiger partial charge in [0.05, 0.1) is 12.3 Å². The maximum Gasteiger partial charge on any atom is 0.203 e. The summed E-state index contributed by atoms with van der Waals surface area (Å²) in [6, 6.07) is 6.89. The van der Waals surface area contributed by atoms with Crippen LogP contribution in [0.1, 0.15) is 24.2 Å². The number of nitrogens with zero attached hydrogens (tertiary/aromatic N) is 2. The maximum absolute atomic E-state index is 13.0. The van der Waals surface area contributed by atoms with Gasteiger partial charge in [0.25, 0.3) is 0 Å². The molecular formula is C16H22FN3O. The lowest BCUT2D eigenvalue weighted by Gasteiger charge is -2.17. The van der Waals surface area contributed by atoms with Crippen molar-refractivity contribution in [3.8, 4) is 0 Å². The fourth-order valence-corrected chi connectivity index (χ4v) is 2.31. The summed E-state index contributed by atoms with van der Waals surface area (Å²) in [7, 11) is 1.68. The Balaban J connectivity index is 2.07. The van der Waals surface area contributed by atoms with Gasteiger partial charge in [0.2, 0.25) is 5.95 Å². The van der Waals surface area contributed by atoms with Gasteiger partial charge >= 0.3 is 0 Å². The molecule has 0 amide bonds. The average molecular weight is 291 g/mol. The zero-order chi connectivity index (χ0) is 15.2. The van der Waals surface area contributed by atoms with E-state index < -0.39 is 0 Å². The van der Waals surface area contributed by atoms with Crippen molar-refractivity contribution in [3.63, 3.8) is 0 Å². The van der Waals surface area contributed by atoms with E-state index in [1.807, 2.05) is 25.3 Å². The lowest BCUT2D eigenvalue weighted by Crippen LogP contribution is -2.15. The molecule has 1 aromatic heterocycles. The first kappa shape index (κ1) is 15.5. The molecule has 0 radical (unpaired) electrons. The number of halogens is 1. The summed E-state index contributed by atoms with van der Waals surface area (Å²) in [6.45, 7) is 5.46. The molecule has 0 aliphatic carbocycles. The van der Waals surface area contributed by atoms with Gasteiger partial charge in [-0.3, -0.25) is 0 Å². The minimum Gasteiger partial charge on any atom is -0.383 e. The van der Waals surface area contributed by atoms with Crippen molar-refractivity contribution in [3.05, 3.63) is 47.5 Å². The van der Waals surface area contributed by atoms with Crippen LogP contribution in [-0.2, 0) is 11.2 Å². The van der Waals surface area contributed by atoms with Gasteiger partial charge in [-0.05, 0) is 38.0 Å². The first-order chi connectivity index (χ1) is 10.1. The van der Waals surface area contributed by atoms with E-state index in [1.54, 1.807) is 7.11 Å². The Labute approximate surface area is 125 Å². The predicted molar refractivity (Wildman–Crippen MR) is 82.1 cm³/mol. The van der Waals surface area contributed by atoms with Crippen molar-refractivity contribution in [1.29, 1.82) is 0 Å². The Kier molecular flexibility index (Phi) is 5.33. The van der Waals surface area contributed by atoms with Crippen molar-refractivity contribution < 1.29 is 9.13 Å². The predicted octanol–water partition coefficient (Wildman–Crippen LogP) is 3.19. The van der Waals surface area contributed by atoms with E-state index in [-0.39, 0.29) is 11.9 Å². The second kappa shape index (κ2) is 7.22. The van der Waals surface area contributed by atoms with Gasteiger partial charge in [-0.25, -0.2) is 9.37 Å². The van der Waals surface area contributed by atoms with Crippen LogP contribution in [0.5, 0.6) is 0 Å². The number of hydrogen-bond donors (Lipinski definition) is 1. The van der Waals surface area contributed by atoms with Crippen LogP contribution in [0, 0.1) is 12.7 Å². The van der Waals surface area contributed by atoms with Gasteiger partial charge in [0.15, 0.2) is 0 Å². The average Bonchev–Trinajstić information content (AvgIpc) is 2.83. The van der Waals surface area contributed by atoms with E-state index in [9.17, 15) is 4.39 Å². The molecule has 4 nitrogen and oxygen atoms in total. The highest BCUT2D eigenvalue weighted by molar-refractivity contribution is 5.30. The zero-order valence-corrected chi connectivity index (χ0v) is 12.8. The minimum absolute atomic E-state index is 0.202. The number of nitrogens with one attached hydrogen (secondary N) is 1. The highest BCUT2D eigenvalue weighted by atomic mass is 19.1. The molecule has 0 aliphatic heterocycles. The summed E-state index contributed by atoms with van der Waals surface area (Å²) in [5.41, 5.74) is 2.08. The lowest BCUT2D eigenvalue weighted by molar-refractivity contribution is 0.210. The maximum atomic E-state index is 13.0. The summed E-state index contributed by atoms with van der Waals surface area (Å²) >= 11 is 0. The second-order valence-electron chi connectivity index (χ2n) is 5.21. The number of benzene rings is 1. The smallest absolute Gasteiger partial charge is 0.203 e. The third-order valence-corrected chi connectivity index (χ3v) is 3.36. The molecule has 0 bridgehead atoms. The van der Waals surface area contributed by atoms with Crippen LogP contribution >= 0.6 is 0 Å². The van der Waals surface area contributed by atoms with E-state index >= 15 is 0 Å². The molecule has 0 spiro atoms. The molecule has 1 aromatic carbocycles. The van der Waals surface area contributed by atoms with Crippen LogP contribution in [0.15, 0.2) is 30.5 Å². The highest BCUT2D eigenvalue weighted by Crippen LogP contribution is 2.20. The molecule has 1 N–H and O–H groups in total. The number of imidazole rings is 1. The molecular weight excluding hydrogens is 269 g/mol. The molecule has 2 rings (SSSR count). The molecule has 0 fully saturated rings. The Morgan fingerprint density at radius 2 is 2.05 bits per heavy atom. The molecule has 21 heavy (non-hydrogen) atoms. The molecule has 0 aliphatic rings. The van der Waals surface area contributed by atoms with E-state index in [2.05, 4.69) is 21.8 Å². The third kappa shape index (κ3) is 4.29. The van der Waals surface area contributed by atoms with Crippen LogP contribution in [0.3, 0.4) is 0 Å². The van der Waals surface area contributed by atoms with Gasteiger partial charge in [0.1, 0.15) is 5.82 Å². The quantitative estimate of drug-likeness (QED) is 0.796. The normalized spacial score (nSPS) is 12.4. The van der Waals surface area contributed by atoms with E-state index in [1.165, 1.54) is 12.1 Å². The first-order valence-corrected chi connectivity index (χ1v) is 7.13. The molecule has 5 heteroatoms. The number of anilines is 1. The molecule has 0 saturated carbocycles. The second-order valence-corrected chi connectivity index (χ2v) is 5.21. The Bertz CT molecular complexity index is 565. The van der Waals surface area contributed by atoms with Gasteiger partial charge in [0, 0.05) is 25.9 Å². The Hall–Kier alpha value is -1.88. The number of methoxy groups -OCH3 is 1. The Morgan fingerprint density at radius 1 is 1.33 bits per heavy atom. The van der Waals surface area contributed by atoms with Crippen LogP contribution in [0.25, 0.3) is 0 Å². The lowest BCUT2D eigenvalue weighted by atomic mass is 10.1. The fourth-order valence-electron chi connectivity index (χ4n) is 2.31. The molecule has 0 saturated heterocycles. The van der Waals surface area contributed by atoms with Crippen LogP contribution < -0.4 is 5.32 Å². The summed E-state index contributed by atoms with van der Waals surface area (Å²) in [5, 5.41) is 3.28. The van der Waals surface area contributed by atoms with Crippen LogP contribution in [0.2, 0.25) is 0 Å². The molecule has 1 unspecified atom stereocenters. The zero-order valence-electron chi connectivity index (χ0n) is 12.8. The van der Waals surface area contributed by atoms with Crippen molar-refractivity contribution in [2.24, 2.45) is 0 Å². The van der Waals surface area contributed by atoms with Crippen LogP contribution in [-0.4, -0.2) is 29.8 Å². The topological polar surface area (TPSA) is 39.1 Å². The van der Waals surface area contributed by atoms with Crippen molar-refractivity contribution in [2.45, 2.75) is 26.3 Å². The molecule has 2 aromatic rings. The van der Waals surface area contributed by atoms with Crippen molar-refractivity contribution >= 4 is 5.95 Å². The number of aryl methyl sites for hydroxylation is 1. The SMILES string of the molecule is COCCNc1nc(C)cn1C(C)Cc1ccc(F)cc1. The number of ether oxygens (including phenoxy) is 1. The largest absolute Gasteiger partial charge is 0.383 e. The van der Waals surface area contributed by atoms with E-state index in [4.69, 9.17) is 4.74 Å². The summed E-state index contributed by atoms with van der Waals surface area (Å²) < 4.78 is 20.1. The molecule has 1 atom stereocenters. The number of rotatable bonds is 7.